The maximum Gasteiger partial charge on any atom is 0.242 e. The molecule has 0 aliphatic carbocycles. The number of piperazine rings is 1. The minimum Gasteiger partial charge on any atom is -0.346 e. The molecule has 8 heteroatoms. The topological polar surface area (TPSA) is 99.0 Å². The van der Waals surface area contributed by atoms with E-state index in [0.29, 0.717) is 44.6 Å². The van der Waals surface area contributed by atoms with Gasteiger partial charge in [0.2, 0.25) is 17.7 Å². The molecule has 2 fully saturated rings. The Balaban J connectivity index is 1.71. The molecule has 0 spiro atoms. The van der Waals surface area contributed by atoms with Crippen molar-refractivity contribution in [3.8, 4) is 0 Å². The number of likely N-dealkylation sites (tertiary alicyclic amines) is 1. The van der Waals surface area contributed by atoms with Crippen LogP contribution in [0.4, 0.5) is 0 Å². The minimum atomic E-state index is -0.601. The lowest BCUT2D eigenvalue weighted by Gasteiger charge is -2.38. The van der Waals surface area contributed by atoms with Crippen molar-refractivity contribution in [2.75, 3.05) is 52.4 Å². The monoisotopic (exact) mass is 395 g/mol. The summed E-state index contributed by atoms with van der Waals surface area (Å²) >= 11 is 0. The average Bonchev–Trinajstić information content (AvgIpc) is 2.64. The third-order valence-corrected chi connectivity index (χ3v) is 5.74. The predicted molar refractivity (Wildman–Crippen MR) is 108 cm³/mol. The molecule has 3 N–H and O–H groups in total. The highest BCUT2D eigenvalue weighted by Crippen LogP contribution is 2.21. The van der Waals surface area contributed by atoms with Gasteiger partial charge in [-0.2, -0.15) is 0 Å². The van der Waals surface area contributed by atoms with Crippen LogP contribution in [-0.2, 0) is 14.4 Å². The molecule has 2 heterocycles. The lowest BCUT2D eigenvalue weighted by Crippen LogP contribution is -2.55. The van der Waals surface area contributed by atoms with E-state index in [9.17, 15) is 14.4 Å². The second-order valence-electron chi connectivity index (χ2n) is 8.89. The minimum absolute atomic E-state index is 0.0261. The summed E-state index contributed by atoms with van der Waals surface area (Å²) in [5.41, 5.74) is 5.79. The van der Waals surface area contributed by atoms with Crippen molar-refractivity contribution < 1.29 is 14.4 Å². The van der Waals surface area contributed by atoms with E-state index < -0.39 is 6.04 Å². The number of carbonyl (C=O) groups excluding carboxylic acids is 3. The fourth-order valence-electron chi connectivity index (χ4n) is 4.01. The molecule has 0 bridgehead atoms. The molecule has 28 heavy (non-hydrogen) atoms. The van der Waals surface area contributed by atoms with Crippen molar-refractivity contribution >= 4 is 17.7 Å². The molecule has 0 aromatic heterocycles. The van der Waals surface area contributed by atoms with E-state index in [0.717, 1.165) is 13.1 Å². The fraction of sp³-hybridized carbons (Fsp3) is 0.850. The second-order valence-corrected chi connectivity index (χ2v) is 8.89. The van der Waals surface area contributed by atoms with E-state index in [1.807, 2.05) is 18.7 Å². The standard InChI is InChI=1S/C20H37N5O3/c1-14(2)19(21)20(28)22-10-17(26)24-7-5-23(6-8-24)13-18(27)25-11-15(3)9-16(4)12-25/h14-16,19H,5-13,21H2,1-4H3,(H,22,28)/t15?,16?,19-/m0/s1. The summed E-state index contributed by atoms with van der Waals surface area (Å²) in [6, 6.07) is -0.601. The van der Waals surface area contributed by atoms with Crippen LogP contribution in [0.1, 0.15) is 34.1 Å². The number of carbonyl (C=O) groups is 3. The maximum absolute atomic E-state index is 12.6. The van der Waals surface area contributed by atoms with Crippen molar-refractivity contribution in [2.45, 2.75) is 40.2 Å². The molecular weight excluding hydrogens is 358 g/mol. The van der Waals surface area contributed by atoms with E-state index in [2.05, 4.69) is 24.1 Å². The summed E-state index contributed by atoms with van der Waals surface area (Å²) in [7, 11) is 0. The Morgan fingerprint density at radius 3 is 2.07 bits per heavy atom. The molecule has 0 aromatic carbocycles. The molecule has 2 saturated heterocycles. The van der Waals surface area contributed by atoms with Gasteiger partial charge in [-0.3, -0.25) is 19.3 Å². The number of piperidine rings is 1. The zero-order valence-corrected chi connectivity index (χ0v) is 17.8. The van der Waals surface area contributed by atoms with Crippen LogP contribution in [0, 0.1) is 17.8 Å². The van der Waals surface area contributed by atoms with Gasteiger partial charge in [0.15, 0.2) is 0 Å². The quantitative estimate of drug-likeness (QED) is 0.645. The second kappa shape index (κ2) is 10.2. The van der Waals surface area contributed by atoms with E-state index in [-0.39, 0.29) is 30.2 Å². The molecule has 0 saturated carbocycles. The van der Waals surface area contributed by atoms with Crippen LogP contribution in [-0.4, -0.2) is 90.8 Å². The normalized spacial score (nSPS) is 24.9. The first kappa shape index (κ1) is 22.6. The summed E-state index contributed by atoms with van der Waals surface area (Å²) in [5.74, 6) is 0.934. The predicted octanol–water partition coefficient (Wildman–Crippen LogP) is -0.265. The number of amides is 3. The van der Waals surface area contributed by atoms with E-state index in [1.54, 1.807) is 4.90 Å². The summed E-state index contributed by atoms with van der Waals surface area (Å²) in [6.07, 6.45) is 1.18. The lowest BCUT2D eigenvalue weighted by atomic mass is 9.92. The summed E-state index contributed by atoms with van der Waals surface area (Å²) in [6.45, 7) is 12.7. The van der Waals surface area contributed by atoms with Gasteiger partial charge in [-0.15, -0.1) is 0 Å². The highest BCUT2D eigenvalue weighted by atomic mass is 16.2. The summed E-state index contributed by atoms with van der Waals surface area (Å²) in [4.78, 5) is 42.7. The Bertz CT molecular complexity index is 550. The number of nitrogens with two attached hydrogens (primary N) is 1. The van der Waals surface area contributed by atoms with Gasteiger partial charge in [0.05, 0.1) is 19.1 Å². The smallest absolute Gasteiger partial charge is 0.242 e. The van der Waals surface area contributed by atoms with Crippen molar-refractivity contribution in [3.63, 3.8) is 0 Å². The van der Waals surface area contributed by atoms with Crippen molar-refractivity contribution in [1.82, 2.24) is 20.0 Å². The van der Waals surface area contributed by atoms with Gasteiger partial charge >= 0.3 is 0 Å². The van der Waals surface area contributed by atoms with Gasteiger partial charge < -0.3 is 20.9 Å². The van der Waals surface area contributed by atoms with Crippen LogP contribution >= 0.6 is 0 Å². The van der Waals surface area contributed by atoms with Gasteiger partial charge in [0.25, 0.3) is 0 Å². The zero-order valence-electron chi connectivity index (χ0n) is 17.8. The van der Waals surface area contributed by atoms with Crippen LogP contribution in [0.5, 0.6) is 0 Å². The molecule has 0 radical (unpaired) electrons. The number of nitrogens with one attached hydrogen (secondary N) is 1. The summed E-state index contributed by atoms with van der Waals surface area (Å²) < 4.78 is 0. The molecule has 0 aromatic rings. The first-order valence-electron chi connectivity index (χ1n) is 10.5. The number of rotatable bonds is 6. The molecular formula is C20H37N5O3. The third kappa shape index (κ3) is 6.44. The Kier molecular flexibility index (Phi) is 8.24. The molecule has 8 nitrogen and oxygen atoms in total. The van der Waals surface area contributed by atoms with Crippen LogP contribution in [0.15, 0.2) is 0 Å². The highest BCUT2D eigenvalue weighted by Gasteiger charge is 2.28. The van der Waals surface area contributed by atoms with E-state index >= 15 is 0 Å². The highest BCUT2D eigenvalue weighted by molar-refractivity contribution is 5.87. The van der Waals surface area contributed by atoms with E-state index in [1.165, 1.54) is 6.42 Å². The van der Waals surface area contributed by atoms with Gasteiger partial charge in [-0.1, -0.05) is 27.7 Å². The van der Waals surface area contributed by atoms with Gasteiger partial charge in [0.1, 0.15) is 0 Å². The molecule has 160 valence electrons. The average molecular weight is 396 g/mol. The van der Waals surface area contributed by atoms with Gasteiger partial charge in [-0.25, -0.2) is 0 Å². The number of hydrogen-bond donors (Lipinski definition) is 2. The lowest BCUT2D eigenvalue weighted by molar-refractivity contribution is -0.137. The van der Waals surface area contributed by atoms with Crippen molar-refractivity contribution in [2.24, 2.45) is 23.5 Å². The van der Waals surface area contributed by atoms with Gasteiger partial charge in [-0.05, 0) is 24.2 Å². The maximum atomic E-state index is 12.6. The molecule has 2 aliphatic rings. The van der Waals surface area contributed by atoms with E-state index in [4.69, 9.17) is 5.73 Å². The van der Waals surface area contributed by atoms with Crippen molar-refractivity contribution in [3.05, 3.63) is 0 Å². The van der Waals surface area contributed by atoms with Crippen LogP contribution in [0.25, 0.3) is 0 Å². The number of hydrogen-bond acceptors (Lipinski definition) is 5. The zero-order chi connectivity index (χ0) is 20.8. The first-order chi connectivity index (χ1) is 13.2. The molecule has 2 unspecified atom stereocenters. The SMILES string of the molecule is CC1CC(C)CN(C(=O)CN2CCN(C(=O)CNC(=O)[C@@H](N)C(C)C)CC2)C1. The Labute approximate surface area is 168 Å². The molecule has 3 atom stereocenters. The summed E-state index contributed by atoms with van der Waals surface area (Å²) in [5, 5.41) is 2.63. The molecule has 2 aliphatic heterocycles. The Morgan fingerprint density at radius 1 is 0.964 bits per heavy atom. The molecule has 2 rings (SSSR count). The largest absolute Gasteiger partial charge is 0.346 e. The Hall–Kier alpha value is -1.67. The fourth-order valence-corrected chi connectivity index (χ4v) is 4.01. The number of nitrogens with zero attached hydrogens (tertiary/aromatic N) is 3. The Morgan fingerprint density at radius 2 is 1.54 bits per heavy atom. The van der Waals surface area contributed by atoms with Crippen LogP contribution in [0.2, 0.25) is 0 Å². The molecule has 3 amide bonds. The first-order valence-corrected chi connectivity index (χ1v) is 10.5. The van der Waals surface area contributed by atoms with Crippen molar-refractivity contribution in [1.29, 1.82) is 0 Å². The van der Waals surface area contributed by atoms with Crippen LogP contribution < -0.4 is 11.1 Å². The van der Waals surface area contributed by atoms with Crippen LogP contribution in [0.3, 0.4) is 0 Å². The van der Waals surface area contributed by atoms with Gasteiger partial charge in [0, 0.05) is 39.3 Å². The third-order valence-electron chi connectivity index (χ3n) is 5.74.